The molecule has 0 N–H and O–H groups in total. The van der Waals surface area contributed by atoms with Crippen molar-refractivity contribution in [3.63, 3.8) is 0 Å². The molecule has 18 heavy (non-hydrogen) atoms. The van der Waals surface area contributed by atoms with E-state index in [-0.39, 0.29) is 12.0 Å². The van der Waals surface area contributed by atoms with Crippen molar-refractivity contribution >= 4 is 14.2 Å². The first kappa shape index (κ1) is 17.6. The molecular weight excluding hydrogens is 242 g/mol. The molecule has 4 heteroatoms. The summed E-state index contributed by atoms with van der Waals surface area (Å²) in [4.78, 5) is 13.4. The number of rotatable bonds is 9. The van der Waals surface area contributed by atoms with Gasteiger partial charge in [0.05, 0.1) is 12.5 Å². The van der Waals surface area contributed by atoms with Crippen LogP contribution in [0.15, 0.2) is 0 Å². The van der Waals surface area contributed by atoms with Gasteiger partial charge >= 0.3 is 0 Å². The van der Waals surface area contributed by atoms with Crippen molar-refractivity contribution in [2.75, 3.05) is 14.1 Å². The second kappa shape index (κ2) is 8.70. The molecule has 0 fully saturated rings. The van der Waals surface area contributed by atoms with Crippen LogP contribution in [0.4, 0.5) is 0 Å². The predicted molar refractivity (Wildman–Crippen MR) is 80.3 cm³/mol. The van der Waals surface area contributed by atoms with Gasteiger partial charge in [0.25, 0.3) is 0 Å². The lowest BCUT2D eigenvalue weighted by Gasteiger charge is -2.27. The zero-order valence-corrected chi connectivity index (χ0v) is 14.1. The van der Waals surface area contributed by atoms with Gasteiger partial charge in [0.1, 0.15) is 0 Å². The van der Waals surface area contributed by atoms with Gasteiger partial charge in [-0.1, -0.05) is 32.6 Å². The molecule has 0 saturated heterocycles. The summed E-state index contributed by atoms with van der Waals surface area (Å²) in [6.45, 7) is 8.77. The summed E-state index contributed by atoms with van der Waals surface area (Å²) in [6, 6.07) is 0. The summed E-state index contributed by atoms with van der Waals surface area (Å²) in [7, 11) is 2.06. The Balaban J connectivity index is 4.21. The maximum atomic E-state index is 11.8. The predicted octanol–water partition coefficient (Wildman–Crippen LogP) is 3.66. The third-order valence-corrected chi connectivity index (χ3v) is 3.84. The van der Waals surface area contributed by atoms with Crippen molar-refractivity contribution in [3.8, 4) is 0 Å². The van der Waals surface area contributed by atoms with Crippen molar-refractivity contribution in [2.24, 2.45) is 0 Å². The van der Waals surface area contributed by atoms with Gasteiger partial charge in [-0.15, -0.1) is 0 Å². The van der Waals surface area contributed by atoms with Gasteiger partial charge in [-0.2, -0.15) is 0 Å². The summed E-state index contributed by atoms with van der Waals surface area (Å²) in [5.41, 5.74) is 0. The highest BCUT2D eigenvalue weighted by molar-refractivity contribution is 6.69. The summed E-state index contributed by atoms with van der Waals surface area (Å²) >= 11 is 0. The molecule has 0 saturated carbocycles. The van der Waals surface area contributed by atoms with Gasteiger partial charge in [-0.3, -0.25) is 4.79 Å². The van der Waals surface area contributed by atoms with E-state index in [4.69, 9.17) is 4.43 Å². The van der Waals surface area contributed by atoms with Crippen molar-refractivity contribution in [1.82, 2.24) is 4.90 Å². The van der Waals surface area contributed by atoms with Crippen LogP contribution in [0.1, 0.15) is 45.4 Å². The molecule has 0 aliphatic carbocycles. The highest BCUT2D eigenvalue weighted by atomic mass is 28.4. The Morgan fingerprint density at radius 2 is 1.78 bits per heavy atom. The van der Waals surface area contributed by atoms with E-state index in [0.717, 1.165) is 6.42 Å². The number of nitrogens with zero attached hydrogens (tertiary/aromatic N) is 1. The Kier molecular flexibility index (Phi) is 8.53. The van der Waals surface area contributed by atoms with Crippen LogP contribution in [0, 0.1) is 0 Å². The van der Waals surface area contributed by atoms with E-state index in [1.165, 1.54) is 25.7 Å². The van der Waals surface area contributed by atoms with Crippen molar-refractivity contribution in [2.45, 2.75) is 71.2 Å². The van der Waals surface area contributed by atoms with E-state index in [0.29, 0.717) is 6.42 Å². The van der Waals surface area contributed by atoms with E-state index >= 15 is 0 Å². The van der Waals surface area contributed by atoms with Crippen LogP contribution in [-0.2, 0) is 9.22 Å². The number of carbonyl (C=O) groups is 1. The lowest BCUT2D eigenvalue weighted by molar-refractivity contribution is -0.130. The second-order valence-electron chi connectivity index (χ2n) is 6.19. The van der Waals surface area contributed by atoms with Gasteiger partial charge in [0.2, 0.25) is 5.91 Å². The Hall–Kier alpha value is -0.353. The van der Waals surface area contributed by atoms with E-state index < -0.39 is 8.32 Å². The van der Waals surface area contributed by atoms with Gasteiger partial charge in [0.15, 0.2) is 8.32 Å². The van der Waals surface area contributed by atoms with Gasteiger partial charge < -0.3 is 9.33 Å². The summed E-state index contributed by atoms with van der Waals surface area (Å²) in [6.07, 6.45) is 6.61. The fraction of sp³-hybridized carbons (Fsp3) is 0.929. The first-order chi connectivity index (χ1) is 8.26. The molecule has 0 heterocycles. The number of hydrogen-bond acceptors (Lipinski definition) is 2. The van der Waals surface area contributed by atoms with E-state index in [1.807, 2.05) is 14.1 Å². The molecule has 108 valence electrons. The van der Waals surface area contributed by atoms with Crippen LogP contribution in [0.25, 0.3) is 0 Å². The summed E-state index contributed by atoms with van der Waals surface area (Å²) in [5.74, 6) is 0.175. The Bertz CT molecular complexity index is 236. The maximum Gasteiger partial charge on any atom is 0.224 e. The Morgan fingerprint density at radius 3 is 2.22 bits per heavy atom. The number of hydrogen-bond donors (Lipinski definition) is 0. The Morgan fingerprint density at radius 1 is 1.17 bits per heavy atom. The zero-order chi connectivity index (χ0) is 14.2. The minimum absolute atomic E-state index is 0.114. The molecule has 0 aromatic rings. The molecule has 0 spiro atoms. The molecule has 3 nitrogen and oxygen atoms in total. The topological polar surface area (TPSA) is 29.5 Å². The van der Waals surface area contributed by atoms with E-state index in [9.17, 15) is 4.79 Å². The van der Waals surface area contributed by atoms with Gasteiger partial charge in [-0.05, 0) is 26.1 Å². The van der Waals surface area contributed by atoms with E-state index in [1.54, 1.807) is 4.90 Å². The van der Waals surface area contributed by atoms with E-state index in [2.05, 4.69) is 26.6 Å². The number of carbonyl (C=O) groups excluding carboxylic acids is 1. The zero-order valence-electron chi connectivity index (χ0n) is 13.1. The molecule has 0 bridgehead atoms. The maximum absolute atomic E-state index is 11.8. The molecular formula is C14H31NO2Si. The standard InChI is InChI=1S/C14H31NO2Si/c1-7-8-9-10-11-13(17-18(4,5)6)12-14(16)15(2)3/h13H,7-12H2,1-6H3. The highest BCUT2D eigenvalue weighted by Crippen LogP contribution is 2.17. The molecule has 0 aliphatic rings. The summed E-state index contributed by atoms with van der Waals surface area (Å²) < 4.78 is 6.13. The third kappa shape index (κ3) is 9.65. The largest absolute Gasteiger partial charge is 0.414 e. The average molecular weight is 273 g/mol. The van der Waals surface area contributed by atoms with Crippen LogP contribution in [0.5, 0.6) is 0 Å². The quantitative estimate of drug-likeness (QED) is 0.474. The molecule has 1 unspecified atom stereocenters. The molecule has 0 aromatic carbocycles. The number of unbranched alkanes of at least 4 members (excludes halogenated alkanes) is 3. The number of amides is 1. The average Bonchev–Trinajstić information content (AvgIpc) is 2.21. The van der Waals surface area contributed by atoms with Crippen LogP contribution in [0.3, 0.4) is 0 Å². The normalized spacial score (nSPS) is 13.4. The first-order valence-electron chi connectivity index (χ1n) is 7.14. The minimum atomic E-state index is -1.56. The summed E-state index contributed by atoms with van der Waals surface area (Å²) in [5, 5.41) is 0. The molecule has 1 amide bonds. The molecule has 0 aliphatic heterocycles. The fourth-order valence-electron chi connectivity index (χ4n) is 1.88. The third-order valence-electron chi connectivity index (χ3n) is 2.80. The molecule has 1 atom stereocenters. The van der Waals surface area contributed by atoms with Crippen molar-refractivity contribution < 1.29 is 9.22 Å². The van der Waals surface area contributed by atoms with Gasteiger partial charge in [-0.25, -0.2) is 0 Å². The second-order valence-corrected chi connectivity index (χ2v) is 10.7. The smallest absolute Gasteiger partial charge is 0.224 e. The first-order valence-corrected chi connectivity index (χ1v) is 10.5. The van der Waals surface area contributed by atoms with Crippen LogP contribution >= 0.6 is 0 Å². The molecule has 0 radical (unpaired) electrons. The van der Waals surface area contributed by atoms with Crippen LogP contribution in [-0.4, -0.2) is 39.3 Å². The lowest BCUT2D eigenvalue weighted by Crippen LogP contribution is -2.35. The minimum Gasteiger partial charge on any atom is -0.414 e. The SMILES string of the molecule is CCCCCCC(CC(=O)N(C)C)O[Si](C)(C)C. The fourth-order valence-corrected chi connectivity index (χ4v) is 3.08. The van der Waals surface area contributed by atoms with Crippen LogP contribution in [0.2, 0.25) is 19.6 Å². The van der Waals surface area contributed by atoms with Gasteiger partial charge in [0, 0.05) is 14.1 Å². The lowest BCUT2D eigenvalue weighted by atomic mass is 10.1. The molecule has 0 aromatic heterocycles. The Labute approximate surface area is 114 Å². The van der Waals surface area contributed by atoms with Crippen LogP contribution < -0.4 is 0 Å². The van der Waals surface area contributed by atoms with Crippen molar-refractivity contribution in [1.29, 1.82) is 0 Å². The van der Waals surface area contributed by atoms with Crippen molar-refractivity contribution in [3.05, 3.63) is 0 Å². The molecule has 0 rings (SSSR count). The monoisotopic (exact) mass is 273 g/mol. The highest BCUT2D eigenvalue weighted by Gasteiger charge is 2.23.